The number of hydrogen-bond acceptors (Lipinski definition) is 5. The highest BCUT2D eigenvalue weighted by atomic mass is 35.5. The first-order valence-electron chi connectivity index (χ1n) is 6.04. The lowest BCUT2D eigenvalue weighted by atomic mass is 10.1. The van der Waals surface area contributed by atoms with Crippen LogP contribution in [0, 0.1) is 24.0 Å². The standard InChI is InChI=1S/C13H14ClN3O3/c1-8-12(9(2)20-16-8)7-15-6-10-3-4-11(14)5-13(10)17(18)19/h3-5,15H,6-7H2,1-2H3. The van der Waals surface area contributed by atoms with Gasteiger partial charge in [-0.05, 0) is 26.0 Å². The van der Waals surface area contributed by atoms with Gasteiger partial charge in [-0.1, -0.05) is 16.8 Å². The summed E-state index contributed by atoms with van der Waals surface area (Å²) in [6, 6.07) is 4.65. The van der Waals surface area contributed by atoms with Crippen molar-refractivity contribution in [2.45, 2.75) is 26.9 Å². The highest BCUT2D eigenvalue weighted by Gasteiger charge is 2.14. The van der Waals surface area contributed by atoms with Crippen molar-refractivity contribution in [2.75, 3.05) is 0 Å². The summed E-state index contributed by atoms with van der Waals surface area (Å²) in [4.78, 5) is 10.5. The van der Waals surface area contributed by atoms with E-state index in [-0.39, 0.29) is 5.69 Å². The van der Waals surface area contributed by atoms with Gasteiger partial charge in [-0.25, -0.2) is 0 Å². The van der Waals surface area contributed by atoms with Gasteiger partial charge in [-0.2, -0.15) is 0 Å². The Balaban J connectivity index is 2.06. The lowest BCUT2D eigenvalue weighted by molar-refractivity contribution is -0.385. The zero-order valence-electron chi connectivity index (χ0n) is 11.1. The van der Waals surface area contributed by atoms with Crippen molar-refractivity contribution in [1.82, 2.24) is 10.5 Å². The van der Waals surface area contributed by atoms with Crippen molar-refractivity contribution in [2.24, 2.45) is 0 Å². The Bertz CT molecular complexity index is 620. The van der Waals surface area contributed by atoms with Gasteiger partial charge in [0.15, 0.2) is 0 Å². The zero-order chi connectivity index (χ0) is 14.7. The van der Waals surface area contributed by atoms with Crippen molar-refractivity contribution < 1.29 is 9.45 Å². The average molecular weight is 296 g/mol. The summed E-state index contributed by atoms with van der Waals surface area (Å²) in [5, 5.41) is 18.3. The Morgan fingerprint density at radius 1 is 1.40 bits per heavy atom. The molecular weight excluding hydrogens is 282 g/mol. The molecule has 1 heterocycles. The second-order valence-electron chi connectivity index (χ2n) is 4.44. The molecule has 6 nitrogen and oxygen atoms in total. The van der Waals surface area contributed by atoms with Gasteiger partial charge in [0.1, 0.15) is 5.76 Å². The van der Waals surface area contributed by atoms with Gasteiger partial charge in [-0.3, -0.25) is 10.1 Å². The molecule has 0 aliphatic heterocycles. The highest BCUT2D eigenvalue weighted by molar-refractivity contribution is 6.30. The highest BCUT2D eigenvalue weighted by Crippen LogP contribution is 2.23. The lowest BCUT2D eigenvalue weighted by Crippen LogP contribution is -2.14. The van der Waals surface area contributed by atoms with Crippen LogP contribution in [0.15, 0.2) is 22.7 Å². The second-order valence-corrected chi connectivity index (χ2v) is 4.87. The number of nitro groups is 1. The van der Waals surface area contributed by atoms with Crippen LogP contribution in [0.25, 0.3) is 0 Å². The van der Waals surface area contributed by atoms with E-state index in [4.69, 9.17) is 16.1 Å². The topological polar surface area (TPSA) is 81.2 Å². The van der Waals surface area contributed by atoms with E-state index < -0.39 is 4.92 Å². The minimum atomic E-state index is -0.432. The third-order valence-corrected chi connectivity index (χ3v) is 3.28. The maximum atomic E-state index is 11.0. The molecule has 0 spiro atoms. The van der Waals surface area contributed by atoms with Crippen molar-refractivity contribution in [1.29, 1.82) is 0 Å². The minimum Gasteiger partial charge on any atom is -0.361 e. The fourth-order valence-electron chi connectivity index (χ4n) is 1.93. The summed E-state index contributed by atoms with van der Waals surface area (Å²) in [5.41, 5.74) is 2.40. The maximum absolute atomic E-state index is 11.0. The van der Waals surface area contributed by atoms with Crippen LogP contribution in [0.5, 0.6) is 0 Å². The molecule has 0 amide bonds. The van der Waals surface area contributed by atoms with Gasteiger partial charge in [-0.15, -0.1) is 0 Å². The van der Waals surface area contributed by atoms with E-state index in [1.165, 1.54) is 6.07 Å². The monoisotopic (exact) mass is 295 g/mol. The molecule has 1 N–H and O–H groups in total. The Morgan fingerprint density at radius 2 is 2.15 bits per heavy atom. The van der Waals surface area contributed by atoms with Crippen LogP contribution < -0.4 is 5.32 Å². The van der Waals surface area contributed by atoms with Crippen molar-refractivity contribution in [3.8, 4) is 0 Å². The minimum absolute atomic E-state index is 0.0174. The molecule has 0 aliphatic carbocycles. The van der Waals surface area contributed by atoms with Gasteiger partial charge in [0, 0.05) is 35.3 Å². The molecule has 0 atom stereocenters. The third kappa shape index (κ3) is 3.15. The predicted octanol–water partition coefficient (Wildman–Crippen LogP) is 3.14. The Hall–Kier alpha value is -1.92. The molecule has 106 valence electrons. The third-order valence-electron chi connectivity index (χ3n) is 3.04. The molecule has 0 saturated carbocycles. The van der Waals surface area contributed by atoms with E-state index in [0.29, 0.717) is 23.7 Å². The van der Waals surface area contributed by atoms with Crippen LogP contribution in [0.1, 0.15) is 22.6 Å². The molecule has 7 heteroatoms. The maximum Gasteiger partial charge on any atom is 0.275 e. The largest absolute Gasteiger partial charge is 0.361 e. The van der Waals surface area contributed by atoms with Crippen LogP contribution in [0.3, 0.4) is 0 Å². The van der Waals surface area contributed by atoms with Crippen LogP contribution >= 0.6 is 11.6 Å². The van der Waals surface area contributed by atoms with Crippen molar-refractivity contribution in [3.05, 3.63) is 55.9 Å². The summed E-state index contributed by atoms with van der Waals surface area (Å²) in [6.45, 7) is 4.61. The van der Waals surface area contributed by atoms with Gasteiger partial charge in [0.25, 0.3) is 5.69 Å². The average Bonchev–Trinajstić information content (AvgIpc) is 2.71. The van der Waals surface area contributed by atoms with Crippen LogP contribution in [-0.2, 0) is 13.1 Å². The molecular formula is C13H14ClN3O3. The van der Waals surface area contributed by atoms with E-state index in [2.05, 4.69) is 10.5 Å². The predicted molar refractivity (Wildman–Crippen MR) is 74.6 cm³/mol. The zero-order valence-corrected chi connectivity index (χ0v) is 11.9. The van der Waals surface area contributed by atoms with E-state index >= 15 is 0 Å². The normalized spacial score (nSPS) is 10.8. The Kier molecular flexibility index (Phi) is 4.36. The number of hydrogen-bond donors (Lipinski definition) is 1. The van der Waals surface area contributed by atoms with E-state index in [1.807, 2.05) is 13.8 Å². The fraction of sp³-hybridized carbons (Fsp3) is 0.308. The van der Waals surface area contributed by atoms with E-state index in [9.17, 15) is 10.1 Å². The Morgan fingerprint density at radius 3 is 2.75 bits per heavy atom. The molecule has 0 bridgehead atoms. The number of halogens is 1. The van der Waals surface area contributed by atoms with E-state index in [0.717, 1.165) is 17.0 Å². The fourth-order valence-corrected chi connectivity index (χ4v) is 2.10. The first-order valence-corrected chi connectivity index (χ1v) is 6.42. The van der Waals surface area contributed by atoms with Gasteiger partial charge >= 0.3 is 0 Å². The van der Waals surface area contributed by atoms with Crippen LogP contribution in [0.2, 0.25) is 5.02 Å². The molecule has 0 unspecified atom stereocenters. The molecule has 0 fully saturated rings. The quantitative estimate of drug-likeness (QED) is 0.677. The number of nitrogens with one attached hydrogen (secondary N) is 1. The summed E-state index contributed by atoms with van der Waals surface area (Å²) in [5.74, 6) is 0.751. The molecule has 0 aliphatic rings. The summed E-state index contributed by atoms with van der Waals surface area (Å²) >= 11 is 5.77. The summed E-state index contributed by atoms with van der Waals surface area (Å²) in [6.07, 6.45) is 0. The van der Waals surface area contributed by atoms with Gasteiger partial charge < -0.3 is 9.84 Å². The van der Waals surface area contributed by atoms with Crippen LogP contribution in [0.4, 0.5) is 5.69 Å². The number of aryl methyl sites for hydroxylation is 2. The summed E-state index contributed by atoms with van der Waals surface area (Å²) in [7, 11) is 0. The molecule has 0 saturated heterocycles. The van der Waals surface area contributed by atoms with Crippen LogP contribution in [-0.4, -0.2) is 10.1 Å². The number of nitro benzene ring substituents is 1. The Labute approximate surface area is 120 Å². The van der Waals surface area contributed by atoms with E-state index in [1.54, 1.807) is 12.1 Å². The van der Waals surface area contributed by atoms with Crippen molar-refractivity contribution in [3.63, 3.8) is 0 Å². The number of benzene rings is 1. The van der Waals surface area contributed by atoms with Gasteiger partial charge in [0.05, 0.1) is 10.6 Å². The number of aromatic nitrogens is 1. The SMILES string of the molecule is Cc1noc(C)c1CNCc1ccc(Cl)cc1[N+](=O)[O-]. The summed E-state index contributed by atoms with van der Waals surface area (Å²) < 4.78 is 5.06. The van der Waals surface area contributed by atoms with Gasteiger partial charge in [0.2, 0.25) is 0 Å². The smallest absolute Gasteiger partial charge is 0.275 e. The molecule has 1 aromatic heterocycles. The molecule has 20 heavy (non-hydrogen) atoms. The second kappa shape index (κ2) is 6.02. The molecule has 1 aromatic carbocycles. The first kappa shape index (κ1) is 14.5. The molecule has 0 radical (unpaired) electrons. The molecule has 2 aromatic rings. The number of nitrogens with zero attached hydrogens (tertiary/aromatic N) is 2. The van der Waals surface area contributed by atoms with Crippen molar-refractivity contribution >= 4 is 17.3 Å². The lowest BCUT2D eigenvalue weighted by Gasteiger charge is -2.06. The first-order chi connectivity index (χ1) is 9.49. The number of rotatable bonds is 5. The molecule has 2 rings (SSSR count).